The molecular formula is C15H21NO6. The van der Waals surface area contributed by atoms with Crippen LogP contribution in [0.25, 0.3) is 0 Å². The summed E-state index contributed by atoms with van der Waals surface area (Å²) in [5.74, 6) is -0.379. The monoisotopic (exact) mass is 311 g/mol. The van der Waals surface area contributed by atoms with Gasteiger partial charge in [0.25, 0.3) is 0 Å². The molecule has 1 aromatic carbocycles. The average molecular weight is 311 g/mol. The van der Waals surface area contributed by atoms with Gasteiger partial charge in [0, 0.05) is 6.92 Å². The van der Waals surface area contributed by atoms with Crippen molar-refractivity contribution in [2.75, 3.05) is 6.61 Å². The highest BCUT2D eigenvalue weighted by molar-refractivity contribution is 5.73. The van der Waals surface area contributed by atoms with Gasteiger partial charge >= 0.3 is 0 Å². The molecule has 4 N–H and O–H groups in total. The van der Waals surface area contributed by atoms with Gasteiger partial charge in [-0.3, -0.25) is 4.79 Å². The highest BCUT2D eigenvalue weighted by Gasteiger charge is 2.45. The highest BCUT2D eigenvalue weighted by atomic mass is 16.7. The number of aliphatic hydroxyl groups is 3. The van der Waals surface area contributed by atoms with E-state index >= 15 is 0 Å². The molecule has 1 fully saturated rings. The summed E-state index contributed by atoms with van der Waals surface area (Å²) >= 11 is 0. The van der Waals surface area contributed by atoms with Crippen molar-refractivity contribution >= 4 is 5.91 Å². The molecule has 2 rings (SSSR count). The first-order valence-electron chi connectivity index (χ1n) is 7.08. The van der Waals surface area contributed by atoms with E-state index in [1.165, 1.54) is 6.92 Å². The number of carbonyl (C=O) groups excluding carboxylic acids is 1. The molecule has 0 radical (unpaired) electrons. The van der Waals surface area contributed by atoms with E-state index in [0.29, 0.717) is 0 Å². The Morgan fingerprint density at radius 3 is 2.55 bits per heavy atom. The Hall–Kier alpha value is -1.51. The lowest BCUT2D eigenvalue weighted by atomic mass is 9.97. The van der Waals surface area contributed by atoms with Gasteiger partial charge in [0.15, 0.2) is 6.29 Å². The van der Waals surface area contributed by atoms with Gasteiger partial charge in [-0.25, -0.2) is 0 Å². The predicted octanol–water partition coefficient (Wildman–Crippen LogP) is -0.853. The lowest BCUT2D eigenvalue weighted by Crippen LogP contribution is -2.64. The molecule has 1 saturated heterocycles. The lowest BCUT2D eigenvalue weighted by Gasteiger charge is -2.42. The summed E-state index contributed by atoms with van der Waals surface area (Å²) in [6, 6.07) is 8.42. The molecule has 0 aromatic heterocycles. The van der Waals surface area contributed by atoms with Gasteiger partial charge in [-0.15, -0.1) is 0 Å². The van der Waals surface area contributed by atoms with E-state index in [1.807, 2.05) is 30.3 Å². The van der Waals surface area contributed by atoms with Crippen LogP contribution in [0.5, 0.6) is 0 Å². The minimum Gasteiger partial charge on any atom is -0.394 e. The minimum atomic E-state index is -1.31. The van der Waals surface area contributed by atoms with Gasteiger partial charge in [0.2, 0.25) is 5.91 Å². The van der Waals surface area contributed by atoms with E-state index in [9.17, 15) is 20.1 Å². The first-order valence-corrected chi connectivity index (χ1v) is 7.08. The molecule has 122 valence electrons. The topological polar surface area (TPSA) is 108 Å². The SMILES string of the molecule is CC(=O)N[C@@H]1[C@H](OCc2ccccc2)O[C@@H](CO)[C@H](O)[C@H]1O. The van der Waals surface area contributed by atoms with Gasteiger partial charge in [-0.2, -0.15) is 0 Å². The van der Waals surface area contributed by atoms with Crippen LogP contribution in [0.15, 0.2) is 30.3 Å². The molecule has 0 bridgehead atoms. The van der Waals surface area contributed by atoms with Crippen LogP contribution in [0.2, 0.25) is 0 Å². The Bertz CT molecular complexity index is 482. The van der Waals surface area contributed by atoms with E-state index in [4.69, 9.17) is 9.47 Å². The Balaban J connectivity index is 2.07. The zero-order valence-electron chi connectivity index (χ0n) is 12.3. The van der Waals surface area contributed by atoms with E-state index in [2.05, 4.69) is 5.32 Å². The zero-order chi connectivity index (χ0) is 16.1. The molecule has 1 aromatic rings. The van der Waals surface area contributed by atoms with Gasteiger partial charge in [-0.05, 0) is 5.56 Å². The summed E-state index contributed by atoms with van der Waals surface area (Å²) in [5.41, 5.74) is 0.897. The number of ether oxygens (including phenoxy) is 2. The number of amides is 1. The fourth-order valence-electron chi connectivity index (χ4n) is 2.37. The first kappa shape index (κ1) is 16.9. The summed E-state index contributed by atoms with van der Waals surface area (Å²) in [7, 11) is 0. The molecule has 7 nitrogen and oxygen atoms in total. The Labute approximate surface area is 128 Å². The van der Waals surface area contributed by atoms with Crippen LogP contribution in [-0.4, -0.2) is 58.5 Å². The third-order valence-electron chi connectivity index (χ3n) is 3.51. The number of benzene rings is 1. The maximum Gasteiger partial charge on any atom is 0.217 e. The van der Waals surface area contributed by atoms with Gasteiger partial charge in [-0.1, -0.05) is 30.3 Å². The standard InChI is InChI=1S/C15H21NO6/c1-9(18)16-12-14(20)13(19)11(7-17)22-15(12)21-8-10-5-3-2-4-6-10/h2-6,11-15,17,19-20H,7-8H2,1H3,(H,16,18)/t11-,12-,13-,14-,15+/m0/s1. The summed E-state index contributed by atoms with van der Waals surface area (Å²) in [4.78, 5) is 11.3. The van der Waals surface area contributed by atoms with Crippen molar-refractivity contribution < 1.29 is 29.6 Å². The first-order chi connectivity index (χ1) is 10.5. The van der Waals surface area contributed by atoms with E-state index in [1.54, 1.807) is 0 Å². The third-order valence-corrected chi connectivity index (χ3v) is 3.51. The van der Waals surface area contributed by atoms with Crippen LogP contribution in [0.4, 0.5) is 0 Å². The molecule has 0 spiro atoms. The fraction of sp³-hybridized carbons (Fsp3) is 0.533. The Morgan fingerprint density at radius 2 is 1.95 bits per heavy atom. The quantitative estimate of drug-likeness (QED) is 0.564. The lowest BCUT2D eigenvalue weighted by molar-refractivity contribution is -0.273. The number of hydrogen-bond acceptors (Lipinski definition) is 6. The predicted molar refractivity (Wildman–Crippen MR) is 76.6 cm³/mol. The molecule has 0 saturated carbocycles. The summed E-state index contributed by atoms with van der Waals surface area (Å²) in [6.45, 7) is 1.05. The molecule has 1 heterocycles. The Morgan fingerprint density at radius 1 is 1.27 bits per heavy atom. The molecular weight excluding hydrogens is 290 g/mol. The smallest absolute Gasteiger partial charge is 0.217 e. The van der Waals surface area contributed by atoms with Gasteiger partial charge in [0.05, 0.1) is 13.2 Å². The number of nitrogens with one attached hydrogen (secondary N) is 1. The van der Waals surface area contributed by atoms with E-state index < -0.39 is 37.3 Å². The van der Waals surface area contributed by atoms with Crippen molar-refractivity contribution in [1.82, 2.24) is 5.32 Å². The minimum absolute atomic E-state index is 0.211. The normalized spacial score (nSPS) is 31.7. The van der Waals surface area contributed by atoms with Gasteiger partial charge in [0.1, 0.15) is 24.4 Å². The molecule has 22 heavy (non-hydrogen) atoms. The van der Waals surface area contributed by atoms with Crippen molar-refractivity contribution in [3.63, 3.8) is 0 Å². The van der Waals surface area contributed by atoms with Crippen LogP contribution >= 0.6 is 0 Å². The van der Waals surface area contributed by atoms with Crippen molar-refractivity contribution in [2.45, 2.75) is 44.2 Å². The van der Waals surface area contributed by atoms with Crippen LogP contribution in [0.1, 0.15) is 12.5 Å². The summed E-state index contributed by atoms with van der Waals surface area (Å²) < 4.78 is 11.1. The summed E-state index contributed by atoms with van der Waals surface area (Å²) in [6.07, 6.45) is -4.55. The molecule has 0 aliphatic carbocycles. The third kappa shape index (κ3) is 4.02. The van der Waals surface area contributed by atoms with E-state index in [-0.39, 0.29) is 12.5 Å². The Kier molecular flexibility index (Phi) is 5.87. The van der Waals surface area contributed by atoms with Crippen molar-refractivity contribution in [3.8, 4) is 0 Å². The molecule has 7 heteroatoms. The van der Waals surface area contributed by atoms with Crippen molar-refractivity contribution in [2.24, 2.45) is 0 Å². The maximum atomic E-state index is 11.3. The van der Waals surface area contributed by atoms with Crippen molar-refractivity contribution in [1.29, 1.82) is 0 Å². The number of hydrogen-bond donors (Lipinski definition) is 4. The van der Waals surface area contributed by atoms with Crippen LogP contribution < -0.4 is 5.32 Å². The second-order valence-corrected chi connectivity index (χ2v) is 5.23. The maximum absolute atomic E-state index is 11.3. The molecule has 0 unspecified atom stereocenters. The zero-order valence-corrected chi connectivity index (χ0v) is 12.3. The van der Waals surface area contributed by atoms with E-state index in [0.717, 1.165) is 5.56 Å². The number of carbonyl (C=O) groups is 1. The summed E-state index contributed by atoms with van der Waals surface area (Å²) in [5, 5.41) is 31.7. The molecule has 1 amide bonds. The fourth-order valence-corrected chi connectivity index (χ4v) is 2.37. The molecule has 5 atom stereocenters. The second-order valence-electron chi connectivity index (χ2n) is 5.23. The van der Waals surface area contributed by atoms with Crippen LogP contribution in [-0.2, 0) is 20.9 Å². The van der Waals surface area contributed by atoms with Crippen LogP contribution in [0.3, 0.4) is 0 Å². The number of aliphatic hydroxyl groups excluding tert-OH is 3. The van der Waals surface area contributed by atoms with Gasteiger partial charge < -0.3 is 30.1 Å². The number of rotatable bonds is 5. The molecule has 1 aliphatic heterocycles. The molecule has 1 aliphatic rings. The highest BCUT2D eigenvalue weighted by Crippen LogP contribution is 2.23. The average Bonchev–Trinajstić information content (AvgIpc) is 2.52. The van der Waals surface area contributed by atoms with Crippen LogP contribution in [0, 0.1) is 0 Å². The second kappa shape index (κ2) is 7.66. The largest absolute Gasteiger partial charge is 0.394 e. The van der Waals surface area contributed by atoms with Crippen molar-refractivity contribution in [3.05, 3.63) is 35.9 Å².